The van der Waals surface area contributed by atoms with Gasteiger partial charge in [-0.1, -0.05) is 42.7 Å². The molecule has 0 unspecified atom stereocenters. The zero-order valence-corrected chi connectivity index (χ0v) is 12.1. The highest BCUT2D eigenvalue weighted by molar-refractivity contribution is 6.30. The Kier molecular flexibility index (Phi) is 6.36. The molecule has 0 heterocycles. The Hall–Kier alpha value is -1.55. The van der Waals surface area contributed by atoms with Crippen molar-refractivity contribution >= 4 is 23.7 Å². The largest absolute Gasteiger partial charge is 0.386 e. The molecule has 1 N–H and O–H groups in total. The molecule has 1 aromatic carbocycles. The van der Waals surface area contributed by atoms with E-state index in [9.17, 15) is 4.79 Å². The van der Waals surface area contributed by atoms with E-state index < -0.39 is 0 Å². The average molecular weight is 283 g/mol. The van der Waals surface area contributed by atoms with Crippen molar-refractivity contribution in [3.63, 3.8) is 0 Å². The number of rotatable bonds is 6. The van der Waals surface area contributed by atoms with Gasteiger partial charge in [0.05, 0.1) is 6.21 Å². The Labute approximate surface area is 118 Å². The van der Waals surface area contributed by atoms with Gasteiger partial charge in [-0.05, 0) is 30.5 Å². The summed E-state index contributed by atoms with van der Waals surface area (Å²) in [7, 11) is 0. The van der Waals surface area contributed by atoms with Crippen LogP contribution in [0.25, 0.3) is 0 Å². The first-order valence-corrected chi connectivity index (χ1v) is 6.57. The van der Waals surface area contributed by atoms with Gasteiger partial charge in [-0.25, -0.2) is 0 Å². The van der Waals surface area contributed by atoms with Gasteiger partial charge in [-0.15, -0.1) is 0 Å². The highest BCUT2D eigenvalue weighted by atomic mass is 35.5. The Balaban J connectivity index is 2.30. The minimum absolute atomic E-state index is 0.0822. The molecule has 19 heavy (non-hydrogen) atoms. The van der Waals surface area contributed by atoms with Crippen LogP contribution in [0.5, 0.6) is 0 Å². The fraction of sp³-hybridized carbons (Fsp3) is 0.429. The van der Waals surface area contributed by atoms with Crippen LogP contribution in [0.15, 0.2) is 29.4 Å². The van der Waals surface area contributed by atoms with Crippen molar-refractivity contribution < 1.29 is 9.63 Å². The Morgan fingerprint density at radius 1 is 1.37 bits per heavy atom. The third-order valence-corrected chi connectivity index (χ3v) is 2.98. The monoisotopic (exact) mass is 282 g/mol. The quantitative estimate of drug-likeness (QED) is 0.644. The molecular formula is C14H19ClN2O2. The smallest absolute Gasteiger partial charge is 0.260 e. The van der Waals surface area contributed by atoms with E-state index in [2.05, 4.69) is 10.5 Å². The van der Waals surface area contributed by atoms with Crippen LogP contribution in [0.3, 0.4) is 0 Å². The predicted molar refractivity (Wildman–Crippen MR) is 77.4 cm³/mol. The molecule has 5 heteroatoms. The summed E-state index contributed by atoms with van der Waals surface area (Å²) in [6, 6.07) is 7.28. The van der Waals surface area contributed by atoms with Crippen molar-refractivity contribution in [1.29, 1.82) is 0 Å². The van der Waals surface area contributed by atoms with Crippen LogP contribution in [-0.2, 0) is 9.63 Å². The molecule has 0 aliphatic heterocycles. The van der Waals surface area contributed by atoms with Crippen molar-refractivity contribution in [3.05, 3.63) is 34.9 Å². The zero-order chi connectivity index (χ0) is 14.3. The topological polar surface area (TPSA) is 50.7 Å². The van der Waals surface area contributed by atoms with Gasteiger partial charge in [-0.3, -0.25) is 4.79 Å². The predicted octanol–water partition coefficient (Wildman–Crippen LogP) is 2.85. The zero-order valence-electron chi connectivity index (χ0n) is 11.4. The molecule has 0 bridgehead atoms. The lowest BCUT2D eigenvalue weighted by Gasteiger charge is -2.16. The van der Waals surface area contributed by atoms with Crippen molar-refractivity contribution in [2.45, 2.75) is 26.8 Å². The Morgan fingerprint density at radius 3 is 2.58 bits per heavy atom. The lowest BCUT2D eigenvalue weighted by molar-refractivity contribution is -0.126. The maximum Gasteiger partial charge on any atom is 0.260 e. The second kappa shape index (κ2) is 7.79. The molecule has 0 saturated carbocycles. The summed E-state index contributed by atoms with van der Waals surface area (Å²) in [5.74, 6) is 0.218. The molecular weight excluding hydrogens is 264 g/mol. The molecule has 0 aliphatic rings. The van der Waals surface area contributed by atoms with E-state index in [-0.39, 0.29) is 18.6 Å². The van der Waals surface area contributed by atoms with Crippen molar-refractivity contribution in [2.75, 3.05) is 6.61 Å². The molecule has 0 fully saturated rings. The summed E-state index contributed by atoms with van der Waals surface area (Å²) in [5.41, 5.74) is 0.861. The fourth-order valence-corrected chi connectivity index (χ4v) is 1.33. The maximum atomic E-state index is 11.5. The number of carbonyl (C=O) groups is 1. The number of nitrogens with zero attached hydrogens (tertiary/aromatic N) is 1. The van der Waals surface area contributed by atoms with Crippen LogP contribution in [0, 0.1) is 5.92 Å². The lowest BCUT2D eigenvalue weighted by Crippen LogP contribution is -2.38. The third-order valence-electron chi connectivity index (χ3n) is 2.73. The molecule has 0 spiro atoms. The van der Waals surface area contributed by atoms with Gasteiger partial charge in [0.1, 0.15) is 0 Å². The SMILES string of the molecule is CC(C)[C@H](C)NC(=O)CO/N=C\c1ccc(Cl)cc1. The summed E-state index contributed by atoms with van der Waals surface area (Å²) in [6.07, 6.45) is 1.54. The molecule has 1 atom stereocenters. The molecule has 1 rings (SSSR count). The van der Waals surface area contributed by atoms with Crippen LogP contribution in [0.1, 0.15) is 26.3 Å². The van der Waals surface area contributed by atoms with Gasteiger partial charge in [0.15, 0.2) is 6.61 Å². The minimum atomic E-state index is -0.172. The number of hydrogen-bond donors (Lipinski definition) is 1. The first-order valence-electron chi connectivity index (χ1n) is 6.19. The third kappa shape index (κ3) is 6.25. The van der Waals surface area contributed by atoms with Crippen LogP contribution >= 0.6 is 11.6 Å². The fourth-order valence-electron chi connectivity index (χ4n) is 1.21. The second-order valence-corrected chi connectivity index (χ2v) is 5.10. The molecule has 0 aromatic heterocycles. The normalized spacial score (nSPS) is 12.7. The van der Waals surface area contributed by atoms with Crippen LogP contribution in [-0.4, -0.2) is 24.8 Å². The maximum absolute atomic E-state index is 11.5. The number of amides is 1. The van der Waals surface area contributed by atoms with Crippen molar-refractivity contribution in [1.82, 2.24) is 5.32 Å². The van der Waals surface area contributed by atoms with Gasteiger partial charge in [0, 0.05) is 11.1 Å². The molecule has 1 aromatic rings. The van der Waals surface area contributed by atoms with Gasteiger partial charge >= 0.3 is 0 Å². The van der Waals surface area contributed by atoms with E-state index >= 15 is 0 Å². The summed E-state index contributed by atoms with van der Waals surface area (Å²) >= 11 is 5.76. The van der Waals surface area contributed by atoms with E-state index in [1.165, 1.54) is 6.21 Å². The minimum Gasteiger partial charge on any atom is -0.386 e. The first kappa shape index (κ1) is 15.5. The van der Waals surface area contributed by atoms with Gasteiger partial charge < -0.3 is 10.2 Å². The number of hydrogen-bond acceptors (Lipinski definition) is 3. The second-order valence-electron chi connectivity index (χ2n) is 4.66. The molecule has 0 saturated heterocycles. The standard InChI is InChI=1S/C14H19ClN2O2/c1-10(2)11(3)17-14(18)9-19-16-8-12-4-6-13(15)7-5-12/h4-8,10-11H,9H2,1-3H3,(H,17,18)/b16-8-/t11-/m0/s1. The van der Waals surface area contributed by atoms with E-state index in [4.69, 9.17) is 16.4 Å². The number of nitrogens with one attached hydrogen (secondary N) is 1. The van der Waals surface area contributed by atoms with Gasteiger partial charge in [-0.2, -0.15) is 0 Å². The van der Waals surface area contributed by atoms with Crippen molar-refractivity contribution in [3.8, 4) is 0 Å². The summed E-state index contributed by atoms with van der Waals surface area (Å²) in [6.45, 7) is 5.97. The molecule has 1 amide bonds. The van der Waals surface area contributed by atoms with Gasteiger partial charge in [0.25, 0.3) is 5.91 Å². The Morgan fingerprint density at radius 2 is 2.00 bits per heavy atom. The highest BCUT2D eigenvalue weighted by Gasteiger charge is 2.10. The van der Waals surface area contributed by atoms with Gasteiger partial charge in [0.2, 0.25) is 0 Å². The molecule has 4 nitrogen and oxygen atoms in total. The van der Waals surface area contributed by atoms with Crippen molar-refractivity contribution in [2.24, 2.45) is 11.1 Å². The summed E-state index contributed by atoms with van der Waals surface area (Å²) in [5, 5.41) is 7.23. The van der Waals surface area contributed by atoms with Crippen LogP contribution in [0.2, 0.25) is 5.02 Å². The number of halogens is 1. The summed E-state index contributed by atoms with van der Waals surface area (Å²) in [4.78, 5) is 16.4. The highest BCUT2D eigenvalue weighted by Crippen LogP contribution is 2.07. The molecule has 0 radical (unpaired) electrons. The Bertz CT molecular complexity index is 430. The first-order chi connectivity index (χ1) is 8.99. The number of oxime groups is 1. The van der Waals surface area contributed by atoms with E-state index in [0.717, 1.165) is 5.56 Å². The van der Waals surface area contributed by atoms with E-state index in [0.29, 0.717) is 10.9 Å². The van der Waals surface area contributed by atoms with Crippen LogP contribution < -0.4 is 5.32 Å². The average Bonchev–Trinajstić information content (AvgIpc) is 2.36. The van der Waals surface area contributed by atoms with Crippen LogP contribution in [0.4, 0.5) is 0 Å². The number of benzene rings is 1. The number of carbonyl (C=O) groups excluding carboxylic acids is 1. The van der Waals surface area contributed by atoms with E-state index in [1.54, 1.807) is 12.1 Å². The lowest BCUT2D eigenvalue weighted by atomic mass is 10.1. The molecule has 0 aliphatic carbocycles. The molecule has 104 valence electrons. The summed E-state index contributed by atoms with van der Waals surface area (Å²) < 4.78 is 0. The van der Waals surface area contributed by atoms with E-state index in [1.807, 2.05) is 32.9 Å².